The van der Waals surface area contributed by atoms with Crippen LogP contribution in [0.4, 0.5) is 0 Å². The average molecular weight is 482 g/mol. The lowest BCUT2D eigenvalue weighted by atomic mass is 10.1. The highest BCUT2D eigenvalue weighted by Gasteiger charge is 2.26. The van der Waals surface area contributed by atoms with Crippen LogP contribution in [0.25, 0.3) is 0 Å². The monoisotopic (exact) mass is 480 g/mol. The van der Waals surface area contributed by atoms with Gasteiger partial charge in [0.1, 0.15) is 11.8 Å². The maximum Gasteiger partial charge on any atom is 0.261 e. The van der Waals surface area contributed by atoms with Crippen LogP contribution >= 0.6 is 27.5 Å². The highest BCUT2D eigenvalue weighted by molar-refractivity contribution is 9.10. The zero-order valence-corrected chi connectivity index (χ0v) is 19.2. The first-order valence-electron chi connectivity index (χ1n) is 9.58. The predicted octanol–water partition coefficient (Wildman–Crippen LogP) is 4.60. The van der Waals surface area contributed by atoms with E-state index in [0.717, 1.165) is 16.5 Å². The molecule has 1 atom stereocenters. The Morgan fingerprint density at radius 2 is 1.79 bits per heavy atom. The molecular formula is C22H26BrClN2O3. The molecule has 5 nitrogen and oxygen atoms in total. The number of ether oxygens (including phenoxy) is 1. The van der Waals surface area contributed by atoms with Gasteiger partial charge in [-0.2, -0.15) is 0 Å². The summed E-state index contributed by atoms with van der Waals surface area (Å²) < 4.78 is 6.53. The van der Waals surface area contributed by atoms with Gasteiger partial charge in [-0.1, -0.05) is 36.7 Å². The molecule has 0 fully saturated rings. The van der Waals surface area contributed by atoms with Crippen LogP contribution in [0.3, 0.4) is 0 Å². The zero-order chi connectivity index (χ0) is 21.4. The van der Waals surface area contributed by atoms with Gasteiger partial charge in [0.15, 0.2) is 6.61 Å². The molecule has 0 aliphatic carbocycles. The molecule has 0 aliphatic rings. The van der Waals surface area contributed by atoms with Crippen molar-refractivity contribution in [2.75, 3.05) is 13.2 Å². The Morgan fingerprint density at radius 3 is 2.38 bits per heavy atom. The van der Waals surface area contributed by atoms with E-state index in [-0.39, 0.29) is 25.0 Å². The number of aryl methyl sites for hydroxylation is 1. The molecule has 0 aromatic heterocycles. The predicted molar refractivity (Wildman–Crippen MR) is 119 cm³/mol. The normalized spacial score (nSPS) is 11.6. The van der Waals surface area contributed by atoms with Crippen molar-refractivity contribution >= 4 is 39.3 Å². The molecule has 0 aliphatic heterocycles. The molecular weight excluding hydrogens is 456 g/mol. The van der Waals surface area contributed by atoms with Crippen molar-refractivity contribution in [3.05, 3.63) is 63.1 Å². The second-order valence-electron chi connectivity index (χ2n) is 6.63. The number of nitrogens with one attached hydrogen (secondary N) is 1. The van der Waals surface area contributed by atoms with Crippen molar-refractivity contribution < 1.29 is 14.3 Å². The minimum absolute atomic E-state index is 0.165. The summed E-state index contributed by atoms with van der Waals surface area (Å²) in [7, 11) is 0. The second kappa shape index (κ2) is 11.2. The van der Waals surface area contributed by atoms with Gasteiger partial charge in [-0.25, -0.2) is 0 Å². The van der Waals surface area contributed by atoms with E-state index in [4.69, 9.17) is 16.3 Å². The van der Waals surface area contributed by atoms with E-state index in [1.807, 2.05) is 37.3 Å². The van der Waals surface area contributed by atoms with Crippen molar-refractivity contribution in [2.24, 2.45) is 0 Å². The molecule has 29 heavy (non-hydrogen) atoms. The van der Waals surface area contributed by atoms with Gasteiger partial charge in [-0.15, -0.1) is 0 Å². The summed E-state index contributed by atoms with van der Waals surface area (Å²) in [6, 6.07) is 12.4. The number of carbonyl (C=O) groups excluding carboxylic acids is 2. The summed E-state index contributed by atoms with van der Waals surface area (Å²) in [5.74, 6) is 0.112. The van der Waals surface area contributed by atoms with Crippen LogP contribution in [0.1, 0.15) is 31.9 Å². The molecule has 2 rings (SSSR count). The van der Waals surface area contributed by atoms with Gasteiger partial charge in [-0.05, 0) is 71.6 Å². The van der Waals surface area contributed by atoms with E-state index in [2.05, 4.69) is 28.2 Å². The fraction of sp³-hybridized carbons (Fsp3) is 0.364. The average Bonchev–Trinajstić information content (AvgIpc) is 2.71. The van der Waals surface area contributed by atoms with Gasteiger partial charge < -0.3 is 15.0 Å². The molecule has 0 unspecified atom stereocenters. The quantitative estimate of drug-likeness (QED) is 0.569. The Balaban J connectivity index is 2.14. The van der Waals surface area contributed by atoms with Crippen molar-refractivity contribution in [3.63, 3.8) is 0 Å². The molecule has 2 aromatic carbocycles. The molecule has 0 heterocycles. The lowest BCUT2D eigenvalue weighted by Gasteiger charge is -2.28. The number of carbonyl (C=O) groups is 2. The maximum absolute atomic E-state index is 13.0. The summed E-state index contributed by atoms with van der Waals surface area (Å²) >= 11 is 9.43. The van der Waals surface area contributed by atoms with E-state index < -0.39 is 6.04 Å². The standard InChI is InChI=1S/C22H26BrClN2O3/c1-4-16-8-11-20(19(23)12-16)29-14-21(27)26(15(3)22(28)25-5-2)13-17-6-9-18(24)10-7-17/h6-12,15H,4-5,13-14H2,1-3H3,(H,25,28)/t15-/m1/s1. The number of rotatable bonds is 9. The maximum atomic E-state index is 13.0. The number of amides is 2. The van der Waals surface area contributed by atoms with Gasteiger partial charge >= 0.3 is 0 Å². The summed E-state index contributed by atoms with van der Waals surface area (Å²) in [6.07, 6.45) is 0.913. The minimum atomic E-state index is -0.632. The van der Waals surface area contributed by atoms with Crippen molar-refractivity contribution in [2.45, 2.75) is 39.8 Å². The van der Waals surface area contributed by atoms with E-state index in [1.165, 1.54) is 10.5 Å². The van der Waals surface area contributed by atoms with Gasteiger partial charge in [0.25, 0.3) is 5.91 Å². The SMILES string of the molecule is CCNC(=O)[C@@H](C)N(Cc1ccc(Cl)cc1)C(=O)COc1ccc(CC)cc1Br. The number of nitrogens with zero attached hydrogens (tertiary/aromatic N) is 1. The fourth-order valence-corrected chi connectivity index (χ4v) is 3.46. The Hall–Kier alpha value is -2.05. The van der Waals surface area contributed by atoms with Gasteiger partial charge in [0.05, 0.1) is 4.47 Å². The third-order valence-electron chi connectivity index (χ3n) is 4.54. The molecule has 2 aromatic rings. The summed E-state index contributed by atoms with van der Waals surface area (Å²) in [5.41, 5.74) is 2.05. The smallest absolute Gasteiger partial charge is 0.261 e. The molecule has 0 bridgehead atoms. The number of likely N-dealkylation sites (N-methyl/N-ethyl adjacent to an activating group) is 1. The number of hydrogen-bond acceptors (Lipinski definition) is 3. The van der Waals surface area contributed by atoms with Crippen molar-refractivity contribution in [1.29, 1.82) is 0 Å². The van der Waals surface area contributed by atoms with Crippen molar-refractivity contribution in [3.8, 4) is 5.75 Å². The van der Waals surface area contributed by atoms with Crippen LogP contribution in [0.15, 0.2) is 46.9 Å². The lowest BCUT2D eigenvalue weighted by Crippen LogP contribution is -2.49. The summed E-state index contributed by atoms with van der Waals surface area (Å²) in [5, 5.41) is 3.39. The molecule has 2 amide bonds. The molecule has 0 spiro atoms. The van der Waals surface area contributed by atoms with Crippen LogP contribution in [0.5, 0.6) is 5.75 Å². The van der Waals surface area contributed by atoms with E-state index >= 15 is 0 Å². The summed E-state index contributed by atoms with van der Waals surface area (Å²) in [6.45, 7) is 6.25. The molecule has 0 saturated carbocycles. The third-order valence-corrected chi connectivity index (χ3v) is 5.41. The Kier molecular flexibility index (Phi) is 8.99. The van der Waals surface area contributed by atoms with Crippen LogP contribution in [-0.4, -0.2) is 35.9 Å². The zero-order valence-electron chi connectivity index (χ0n) is 16.9. The first-order valence-corrected chi connectivity index (χ1v) is 10.8. The molecule has 1 N–H and O–H groups in total. The van der Waals surface area contributed by atoms with Gasteiger partial charge in [0.2, 0.25) is 5.91 Å². The Labute approximate surface area is 185 Å². The van der Waals surface area contributed by atoms with Gasteiger partial charge in [0, 0.05) is 18.1 Å². The third kappa shape index (κ3) is 6.75. The number of halogens is 2. The van der Waals surface area contributed by atoms with Crippen LogP contribution in [0.2, 0.25) is 5.02 Å². The van der Waals surface area contributed by atoms with Crippen molar-refractivity contribution in [1.82, 2.24) is 10.2 Å². The number of hydrogen-bond donors (Lipinski definition) is 1. The first-order chi connectivity index (χ1) is 13.8. The van der Waals surface area contributed by atoms with Gasteiger partial charge in [-0.3, -0.25) is 9.59 Å². The van der Waals surface area contributed by atoms with Crippen LogP contribution in [-0.2, 0) is 22.6 Å². The van der Waals surface area contributed by atoms with Crippen LogP contribution in [0, 0.1) is 0 Å². The fourth-order valence-electron chi connectivity index (χ4n) is 2.79. The lowest BCUT2D eigenvalue weighted by molar-refractivity contribution is -0.142. The van der Waals surface area contributed by atoms with E-state index in [0.29, 0.717) is 17.3 Å². The topological polar surface area (TPSA) is 58.6 Å². The largest absolute Gasteiger partial charge is 0.483 e. The minimum Gasteiger partial charge on any atom is -0.483 e. The summed E-state index contributed by atoms with van der Waals surface area (Å²) in [4.78, 5) is 26.8. The molecule has 7 heteroatoms. The van der Waals surface area contributed by atoms with E-state index in [9.17, 15) is 9.59 Å². The molecule has 0 radical (unpaired) electrons. The Bertz CT molecular complexity index is 842. The Morgan fingerprint density at radius 1 is 1.14 bits per heavy atom. The molecule has 0 saturated heterocycles. The number of benzene rings is 2. The second-order valence-corrected chi connectivity index (χ2v) is 7.92. The highest BCUT2D eigenvalue weighted by Crippen LogP contribution is 2.26. The molecule has 156 valence electrons. The first kappa shape index (κ1) is 23.2. The highest BCUT2D eigenvalue weighted by atomic mass is 79.9. The van der Waals surface area contributed by atoms with Crippen LogP contribution < -0.4 is 10.1 Å². The van der Waals surface area contributed by atoms with E-state index in [1.54, 1.807) is 19.1 Å².